The van der Waals surface area contributed by atoms with Gasteiger partial charge in [0.1, 0.15) is 5.82 Å². The Labute approximate surface area is 217 Å². The van der Waals surface area contributed by atoms with Crippen LogP contribution in [0.3, 0.4) is 0 Å². The number of unbranched alkanes of at least 4 members (excludes halogenated alkanes) is 1. The molecule has 1 amide bonds. The number of carboxylic acids is 1. The number of rotatable bonds is 13. The molecule has 11 nitrogen and oxygen atoms in total. The molecule has 202 valence electrons. The summed E-state index contributed by atoms with van der Waals surface area (Å²) in [6, 6.07) is 8.88. The minimum absolute atomic E-state index is 0.00174. The summed E-state index contributed by atoms with van der Waals surface area (Å²) >= 11 is 0. The van der Waals surface area contributed by atoms with Gasteiger partial charge in [-0.25, -0.2) is 23.7 Å². The Kier molecular flexibility index (Phi) is 9.60. The van der Waals surface area contributed by atoms with Crippen molar-refractivity contribution < 1.29 is 28.0 Å². The average Bonchev–Trinajstić information content (AvgIpc) is 3.31. The maximum atomic E-state index is 13.5. The number of pyridine rings is 1. The first-order valence-corrected chi connectivity index (χ1v) is 13.7. The lowest BCUT2D eigenvalue weighted by atomic mass is 10.0. The fraction of sp³-hybridized carbons (Fsp3) is 0.480. The Hall–Kier alpha value is -3.06. The fourth-order valence-corrected chi connectivity index (χ4v) is 6.28. The third kappa shape index (κ3) is 7.71. The molecule has 1 aromatic heterocycles. The molecule has 1 aliphatic heterocycles. The van der Waals surface area contributed by atoms with E-state index in [0.717, 1.165) is 5.56 Å². The topological polar surface area (TPSA) is 159 Å². The highest BCUT2D eigenvalue weighted by Crippen LogP contribution is 2.25. The Bertz CT molecular complexity index is 1180. The lowest BCUT2D eigenvalue weighted by Gasteiger charge is -2.32. The van der Waals surface area contributed by atoms with Crippen molar-refractivity contribution in [3.05, 3.63) is 53.2 Å². The number of hydrogen-bond donors (Lipinski definition) is 5. The van der Waals surface area contributed by atoms with Gasteiger partial charge in [0.05, 0.1) is 17.4 Å². The number of aromatic nitrogens is 1. The number of nitrogens with one attached hydrogen (secondary N) is 4. The number of aliphatic carboxylic acids is 1. The lowest BCUT2D eigenvalue weighted by Crippen LogP contribution is -2.65. The molecular weight excluding hydrogens is 498 g/mol. The molecule has 2 unspecified atom stereocenters. The summed E-state index contributed by atoms with van der Waals surface area (Å²) in [4.78, 5) is 34.9. The molecule has 1 aromatic carbocycles. The number of anilines is 1. The number of nitrogens with zero attached hydrogens (tertiary/aromatic N) is 1. The van der Waals surface area contributed by atoms with Crippen molar-refractivity contribution in [2.75, 3.05) is 18.4 Å². The first kappa shape index (κ1) is 28.5. The van der Waals surface area contributed by atoms with Crippen LogP contribution in [0.4, 0.5) is 5.82 Å². The van der Waals surface area contributed by atoms with E-state index in [1.807, 2.05) is 19.1 Å². The molecule has 0 aliphatic carbocycles. The van der Waals surface area contributed by atoms with Crippen LogP contribution >= 0.6 is 0 Å². The number of hydrogen-bond acceptors (Lipinski definition) is 8. The van der Waals surface area contributed by atoms with Crippen LogP contribution in [0, 0.1) is 20.8 Å². The number of aryl methyl sites for hydroxylation is 3. The summed E-state index contributed by atoms with van der Waals surface area (Å²) in [5, 5.41) is 15.9. The second-order valence-corrected chi connectivity index (χ2v) is 10.9. The predicted molar refractivity (Wildman–Crippen MR) is 138 cm³/mol. The van der Waals surface area contributed by atoms with Crippen LogP contribution in [0.15, 0.2) is 41.4 Å². The molecule has 0 saturated carbocycles. The molecule has 12 heteroatoms. The second kappa shape index (κ2) is 12.5. The summed E-state index contributed by atoms with van der Waals surface area (Å²) in [7, 11) is -4.31. The molecule has 0 spiro atoms. The third-order valence-electron chi connectivity index (χ3n) is 6.08. The highest BCUT2D eigenvalue weighted by atomic mass is 32.2. The number of benzene rings is 1. The van der Waals surface area contributed by atoms with Gasteiger partial charge in [0.15, 0.2) is 0 Å². The monoisotopic (exact) mass is 533 g/mol. The van der Waals surface area contributed by atoms with Gasteiger partial charge in [-0.15, -0.1) is 0 Å². The maximum absolute atomic E-state index is 13.5. The van der Waals surface area contributed by atoms with E-state index >= 15 is 0 Å². The van der Waals surface area contributed by atoms with E-state index in [9.17, 15) is 23.1 Å². The molecule has 2 atom stereocenters. The van der Waals surface area contributed by atoms with E-state index in [2.05, 4.69) is 25.8 Å². The summed E-state index contributed by atoms with van der Waals surface area (Å²) in [6.07, 6.45) is 2.37. The van der Waals surface area contributed by atoms with Crippen molar-refractivity contribution >= 4 is 27.7 Å². The number of carboxylic acid groups (broad SMARTS) is 1. The van der Waals surface area contributed by atoms with Gasteiger partial charge < -0.3 is 15.7 Å². The molecule has 2 aromatic rings. The van der Waals surface area contributed by atoms with Crippen molar-refractivity contribution in [3.63, 3.8) is 0 Å². The van der Waals surface area contributed by atoms with Crippen LogP contribution in [0.2, 0.25) is 0 Å². The van der Waals surface area contributed by atoms with E-state index < -0.39 is 33.7 Å². The molecule has 3 rings (SSSR count). The smallest absolute Gasteiger partial charge is 0.345 e. The van der Waals surface area contributed by atoms with Crippen LogP contribution in [-0.2, 0) is 24.4 Å². The van der Waals surface area contributed by atoms with Crippen LogP contribution in [0.1, 0.15) is 48.8 Å². The average molecular weight is 534 g/mol. The maximum Gasteiger partial charge on any atom is 0.345 e. The molecule has 2 heterocycles. The second-order valence-electron chi connectivity index (χ2n) is 9.32. The van der Waals surface area contributed by atoms with Crippen LogP contribution in [-0.4, -0.2) is 55.2 Å². The SMILES string of the molecule is Cc1cc(C)c(S(=O)(=O)NC(CCCCNc2ccccn2)(NC(=O)CC2CCNO2)C(=O)O)c(C)c1. The van der Waals surface area contributed by atoms with E-state index in [4.69, 9.17) is 4.84 Å². The highest BCUT2D eigenvalue weighted by Gasteiger charge is 2.44. The molecule has 1 aliphatic rings. The van der Waals surface area contributed by atoms with Gasteiger partial charge >= 0.3 is 5.97 Å². The Balaban J connectivity index is 1.81. The summed E-state index contributed by atoms with van der Waals surface area (Å²) in [5.74, 6) is -1.44. The first-order chi connectivity index (χ1) is 17.5. The molecule has 1 saturated heterocycles. The number of sulfonamides is 1. The Morgan fingerprint density at radius 1 is 1.19 bits per heavy atom. The number of hydroxylamine groups is 1. The quantitative estimate of drug-likeness (QED) is 0.192. The molecule has 0 radical (unpaired) electrons. The van der Waals surface area contributed by atoms with Crippen molar-refractivity contribution in [2.24, 2.45) is 0 Å². The van der Waals surface area contributed by atoms with Gasteiger partial charge in [0.2, 0.25) is 21.6 Å². The third-order valence-corrected chi connectivity index (χ3v) is 7.88. The number of amides is 1. The Morgan fingerprint density at radius 2 is 1.92 bits per heavy atom. The van der Waals surface area contributed by atoms with Gasteiger partial charge in [0, 0.05) is 19.3 Å². The van der Waals surface area contributed by atoms with Gasteiger partial charge in [-0.1, -0.05) is 23.8 Å². The number of carbonyl (C=O) groups excluding carboxylic acids is 1. The minimum Gasteiger partial charge on any atom is -0.478 e. The molecular formula is C25H35N5O6S. The van der Waals surface area contributed by atoms with Gasteiger partial charge in [0.25, 0.3) is 0 Å². The predicted octanol–water partition coefficient (Wildman–Crippen LogP) is 2.15. The van der Waals surface area contributed by atoms with Crippen LogP contribution in [0.25, 0.3) is 0 Å². The molecule has 37 heavy (non-hydrogen) atoms. The van der Waals surface area contributed by atoms with E-state index in [-0.39, 0.29) is 17.7 Å². The van der Waals surface area contributed by atoms with Crippen molar-refractivity contribution in [2.45, 2.75) is 69.5 Å². The minimum atomic E-state index is -4.31. The Morgan fingerprint density at radius 3 is 2.51 bits per heavy atom. The van der Waals surface area contributed by atoms with Crippen molar-refractivity contribution in [1.29, 1.82) is 0 Å². The molecule has 0 bridgehead atoms. The molecule has 5 N–H and O–H groups in total. The zero-order valence-corrected chi connectivity index (χ0v) is 22.2. The van der Waals surface area contributed by atoms with Crippen LogP contribution in [0.5, 0.6) is 0 Å². The van der Waals surface area contributed by atoms with Gasteiger partial charge in [-0.2, -0.15) is 4.72 Å². The normalized spacial score (nSPS) is 17.2. The zero-order chi connectivity index (χ0) is 27.1. The summed E-state index contributed by atoms with van der Waals surface area (Å²) < 4.78 is 29.4. The van der Waals surface area contributed by atoms with Gasteiger partial charge in [-0.3, -0.25) is 9.63 Å². The first-order valence-electron chi connectivity index (χ1n) is 12.2. The highest BCUT2D eigenvalue weighted by molar-refractivity contribution is 7.89. The van der Waals surface area contributed by atoms with E-state index in [1.165, 1.54) is 0 Å². The summed E-state index contributed by atoms with van der Waals surface area (Å²) in [6.45, 7) is 6.23. The van der Waals surface area contributed by atoms with E-state index in [0.29, 0.717) is 49.3 Å². The standard InChI is InChI=1S/C25H35N5O6S/c1-17-14-18(2)23(19(3)15-17)37(34,35)30-25(24(32)33,29-22(31)16-20-9-13-28-36-20)10-5-7-12-27-21-8-4-6-11-26-21/h4,6,8,11,14-15,20,28,30H,5,7,9-10,12-13,16H2,1-3H3,(H,26,27)(H,29,31)(H,32,33). The largest absolute Gasteiger partial charge is 0.478 e. The summed E-state index contributed by atoms with van der Waals surface area (Å²) in [5.41, 5.74) is 2.30. The number of carbonyl (C=O) groups is 2. The van der Waals surface area contributed by atoms with E-state index in [1.54, 1.807) is 38.2 Å². The van der Waals surface area contributed by atoms with Crippen LogP contribution < -0.4 is 20.8 Å². The lowest BCUT2D eigenvalue weighted by molar-refractivity contribution is -0.149. The van der Waals surface area contributed by atoms with Gasteiger partial charge in [-0.05, 0) is 69.7 Å². The van der Waals surface area contributed by atoms with Crippen molar-refractivity contribution in [1.82, 2.24) is 20.5 Å². The fourth-order valence-electron chi connectivity index (χ4n) is 4.51. The molecule has 1 fully saturated rings. The van der Waals surface area contributed by atoms with Crippen molar-refractivity contribution in [3.8, 4) is 0 Å². The zero-order valence-electron chi connectivity index (χ0n) is 21.3.